The van der Waals surface area contributed by atoms with Gasteiger partial charge in [-0.2, -0.15) is 0 Å². The number of carbonyl (C=O) groups excluding carboxylic acids is 2. The summed E-state index contributed by atoms with van der Waals surface area (Å²) in [4.78, 5) is 29.5. The predicted molar refractivity (Wildman–Crippen MR) is 148 cm³/mol. The minimum Gasteiger partial charge on any atom is -0.478 e. The van der Waals surface area contributed by atoms with Gasteiger partial charge in [0, 0.05) is 38.3 Å². The Hall–Kier alpha value is -2.73. The number of carbonyl (C=O) groups is 2. The van der Waals surface area contributed by atoms with Gasteiger partial charge in [-0.1, -0.05) is 58.4 Å². The molecule has 1 saturated heterocycles. The number of rotatable bonds is 7. The van der Waals surface area contributed by atoms with Crippen LogP contribution in [-0.4, -0.2) is 48.5 Å². The van der Waals surface area contributed by atoms with Crippen molar-refractivity contribution < 1.29 is 14.3 Å². The average molecular weight is 514 g/mol. The van der Waals surface area contributed by atoms with E-state index in [2.05, 4.69) is 44.8 Å². The standard InChI is InChI=1S/C29H40ClN3O3/c1-20(2)18-26(34)33-16-14-32(15-17-33)25-13-10-22(19-24(25)30)31-27(35)29(6,7)36-23-11-8-21(9-12-23)28(3,4)5/h8-13,19-20H,14-18H2,1-7H3,(H,31,35). The van der Waals surface area contributed by atoms with Gasteiger partial charge in [-0.05, 0) is 61.1 Å². The van der Waals surface area contributed by atoms with Crippen LogP contribution >= 0.6 is 11.6 Å². The fourth-order valence-electron chi connectivity index (χ4n) is 4.16. The van der Waals surface area contributed by atoms with Crippen molar-refractivity contribution in [3.05, 3.63) is 53.1 Å². The predicted octanol–water partition coefficient (Wildman–Crippen LogP) is 6.13. The first-order valence-corrected chi connectivity index (χ1v) is 13.1. The Morgan fingerprint density at radius 3 is 2.11 bits per heavy atom. The topological polar surface area (TPSA) is 61.9 Å². The number of halogens is 1. The third-order valence-corrected chi connectivity index (χ3v) is 6.70. The van der Waals surface area contributed by atoms with E-state index in [4.69, 9.17) is 16.3 Å². The lowest BCUT2D eigenvalue weighted by atomic mass is 9.87. The molecule has 2 aromatic rings. The quantitative estimate of drug-likeness (QED) is 0.484. The first kappa shape index (κ1) is 27.9. The lowest BCUT2D eigenvalue weighted by molar-refractivity contribution is -0.132. The molecule has 196 valence electrons. The molecule has 2 amide bonds. The van der Waals surface area contributed by atoms with Crippen LogP contribution in [-0.2, 0) is 15.0 Å². The van der Waals surface area contributed by atoms with Gasteiger partial charge in [0.1, 0.15) is 5.75 Å². The third kappa shape index (κ3) is 7.16. The number of hydrogen-bond acceptors (Lipinski definition) is 4. The van der Waals surface area contributed by atoms with Crippen molar-refractivity contribution >= 4 is 34.8 Å². The molecule has 1 heterocycles. The minimum absolute atomic E-state index is 0.0512. The lowest BCUT2D eigenvalue weighted by Gasteiger charge is -2.37. The van der Waals surface area contributed by atoms with E-state index in [0.29, 0.717) is 41.9 Å². The van der Waals surface area contributed by atoms with Crippen LogP contribution in [0.4, 0.5) is 11.4 Å². The van der Waals surface area contributed by atoms with Gasteiger partial charge in [-0.3, -0.25) is 9.59 Å². The van der Waals surface area contributed by atoms with Crippen LogP contribution in [0.5, 0.6) is 5.75 Å². The molecule has 1 N–H and O–H groups in total. The van der Waals surface area contributed by atoms with E-state index in [1.165, 1.54) is 5.56 Å². The maximum absolute atomic E-state index is 13.0. The summed E-state index contributed by atoms with van der Waals surface area (Å²) in [5, 5.41) is 3.49. The maximum atomic E-state index is 13.0. The molecule has 1 aliphatic rings. The zero-order valence-electron chi connectivity index (χ0n) is 22.7. The molecule has 0 radical (unpaired) electrons. The van der Waals surface area contributed by atoms with Gasteiger partial charge in [-0.15, -0.1) is 0 Å². The van der Waals surface area contributed by atoms with Crippen LogP contribution in [0.25, 0.3) is 0 Å². The summed E-state index contributed by atoms with van der Waals surface area (Å²) in [6.45, 7) is 16.9. The molecule has 1 fully saturated rings. The zero-order chi connectivity index (χ0) is 26.7. The number of nitrogens with zero attached hydrogens (tertiary/aromatic N) is 2. The summed E-state index contributed by atoms with van der Waals surface area (Å²) in [5.74, 6) is 0.951. The summed E-state index contributed by atoms with van der Waals surface area (Å²) in [7, 11) is 0. The Morgan fingerprint density at radius 1 is 0.972 bits per heavy atom. The summed E-state index contributed by atoms with van der Waals surface area (Å²) < 4.78 is 6.02. The molecule has 0 bridgehead atoms. The van der Waals surface area contributed by atoms with Crippen LogP contribution in [0, 0.1) is 5.92 Å². The van der Waals surface area contributed by atoms with Crippen LogP contribution in [0.1, 0.15) is 60.5 Å². The normalized spacial score (nSPS) is 14.7. The Balaban J connectivity index is 1.59. The first-order chi connectivity index (χ1) is 16.8. The molecule has 0 spiro atoms. The van der Waals surface area contributed by atoms with E-state index in [-0.39, 0.29) is 17.2 Å². The molecule has 0 unspecified atom stereocenters. The molecule has 6 nitrogen and oxygen atoms in total. The van der Waals surface area contributed by atoms with Crippen molar-refractivity contribution in [2.24, 2.45) is 5.92 Å². The molecule has 1 aliphatic heterocycles. The van der Waals surface area contributed by atoms with E-state index >= 15 is 0 Å². The van der Waals surface area contributed by atoms with Gasteiger partial charge in [0.25, 0.3) is 5.91 Å². The van der Waals surface area contributed by atoms with E-state index in [0.717, 1.165) is 18.8 Å². The number of nitrogens with one attached hydrogen (secondary N) is 1. The highest BCUT2D eigenvalue weighted by Gasteiger charge is 2.31. The molecule has 2 aromatic carbocycles. The zero-order valence-corrected chi connectivity index (χ0v) is 23.4. The second kappa shape index (κ2) is 11.1. The third-order valence-electron chi connectivity index (χ3n) is 6.40. The van der Waals surface area contributed by atoms with E-state index in [1.807, 2.05) is 41.3 Å². The Labute approximate surface area is 220 Å². The smallest absolute Gasteiger partial charge is 0.267 e. The SMILES string of the molecule is CC(C)CC(=O)N1CCN(c2ccc(NC(=O)C(C)(C)Oc3ccc(C(C)(C)C)cc3)cc2Cl)CC1. The molecule has 0 saturated carbocycles. The van der Waals surface area contributed by atoms with Gasteiger partial charge >= 0.3 is 0 Å². The highest BCUT2D eigenvalue weighted by Crippen LogP contribution is 2.31. The number of piperazine rings is 1. The number of benzene rings is 2. The van der Waals surface area contributed by atoms with E-state index < -0.39 is 5.60 Å². The van der Waals surface area contributed by atoms with Gasteiger partial charge in [0.15, 0.2) is 5.60 Å². The van der Waals surface area contributed by atoms with Crippen LogP contribution in [0.2, 0.25) is 5.02 Å². The van der Waals surface area contributed by atoms with E-state index in [9.17, 15) is 9.59 Å². The molecule has 3 rings (SSSR count). The molecule has 7 heteroatoms. The monoisotopic (exact) mass is 513 g/mol. The molecule has 0 atom stereocenters. The van der Waals surface area contributed by atoms with Crippen LogP contribution in [0.15, 0.2) is 42.5 Å². The highest BCUT2D eigenvalue weighted by molar-refractivity contribution is 6.33. The Morgan fingerprint density at radius 2 is 1.58 bits per heavy atom. The fraction of sp³-hybridized carbons (Fsp3) is 0.517. The maximum Gasteiger partial charge on any atom is 0.267 e. The molecular formula is C29H40ClN3O3. The van der Waals surface area contributed by atoms with Crippen molar-refractivity contribution in [1.82, 2.24) is 4.90 Å². The summed E-state index contributed by atoms with van der Waals surface area (Å²) in [5.41, 5.74) is 1.69. The number of hydrogen-bond donors (Lipinski definition) is 1. The average Bonchev–Trinajstić information content (AvgIpc) is 2.78. The molecule has 0 aliphatic carbocycles. The highest BCUT2D eigenvalue weighted by atomic mass is 35.5. The van der Waals surface area contributed by atoms with Crippen LogP contribution < -0.4 is 15.0 Å². The van der Waals surface area contributed by atoms with Crippen LogP contribution in [0.3, 0.4) is 0 Å². The second-order valence-corrected chi connectivity index (χ2v) is 11.9. The van der Waals surface area contributed by atoms with Crippen molar-refractivity contribution in [1.29, 1.82) is 0 Å². The van der Waals surface area contributed by atoms with Gasteiger partial charge in [0.05, 0.1) is 10.7 Å². The summed E-state index contributed by atoms with van der Waals surface area (Å²) in [6.07, 6.45) is 0.581. The van der Waals surface area contributed by atoms with Gasteiger partial charge < -0.3 is 19.9 Å². The number of amides is 2. The van der Waals surface area contributed by atoms with Crippen molar-refractivity contribution in [3.8, 4) is 5.75 Å². The molecule has 0 aromatic heterocycles. The van der Waals surface area contributed by atoms with Gasteiger partial charge in [0.2, 0.25) is 5.91 Å². The molecule has 36 heavy (non-hydrogen) atoms. The lowest BCUT2D eigenvalue weighted by Crippen LogP contribution is -2.49. The Bertz CT molecular complexity index is 1070. The summed E-state index contributed by atoms with van der Waals surface area (Å²) in [6, 6.07) is 13.4. The fourth-order valence-corrected chi connectivity index (χ4v) is 4.46. The van der Waals surface area contributed by atoms with Gasteiger partial charge in [-0.25, -0.2) is 0 Å². The molecular weight excluding hydrogens is 474 g/mol. The summed E-state index contributed by atoms with van der Waals surface area (Å²) >= 11 is 6.60. The van der Waals surface area contributed by atoms with Crippen molar-refractivity contribution in [3.63, 3.8) is 0 Å². The van der Waals surface area contributed by atoms with Crippen molar-refractivity contribution in [2.75, 3.05) is 36.4 Å². The Kier molecular flexibility index (Phi) is 8.60. The van der Waals surface area contributed by atoms with Crippen molar-refractivity contribution in [2.45, 2.75) is 65.9 Å². The first-order valence-electron chi connectivity index (χ1n) is 12.7. The number of anilines is 2. The number of ether oxygens (including phenoxy) is 1. The second-order valence-electron chi connectivity index (χ2n) is 11.5. The minimum atomic E-state index is -1.08. The van der Waals surface area contributed by atoms with E-state index in [1.54, 1.807) is 19.9 Å². The largest absolute Gasteiger partial charge is 0.478 e.